The van der Waals surface area contributed by atoms with Gasteiger partial charge in [0.05, 0.1) is 0 Å². The van der Waals surface area contributed by atoms with Gasteiger partial charge in [0.2, 0.25) is 0 Å². The third-order valence-corrected chi connectivity index (χ3v) is 2.96. The van der Waals surface area contributed by atoms with E-state index in [0.29, 0.717) is 10.8 Å². The second-order valence-corrected chi connectivity index (χ2v) is 5.16. The Hall–Kier alpha value is -0.690. The van der Waals surface area contributed by atoms with Gasteiger partial charge in [-0.1, -0.05) is 32.4 Å². The van der Waals surface area contributed by atoms with Gasteiger partial charge in [0.15, 0.2) is 0 Å². The van der Waals surface area contributed by atoms with Gasteiger partial charge in [0, 0.05) is 10.6 Å². The molecular formula is C12H17ClO. The number of rotatable bonds is 0. The summed E-state index contributed by atoms with van der Waals surface area (Å²) in [5.41, 5.74) is 3.07. The summed E-state index contributed by atoms with van der Waals surface area (Å²) < 4.78 is 0. The maximum Gasteiger partial charge on any atom is 0.121 e. The Bertz CT molecular complexity index is 362. The van der Waals surface area contributed by atoms with Crippen LogP contribution in [0, 0.1) is 13.8 Å². The van der Waals surface area contributed by atoms with Crippen LogP contribution >= 0.6 is 11.6 Å². The zero-order valence-electron chi connectivity index (χ0n) is 9.40. The highest BCUT2D eigenvalue weighted by Crippen LogP contribution is 2.37. The Balaban J connectivity index is 3.53. The lowest BCUT2D eigenvalue weighted by Crippen LogP contribution is -2.14. The van der Waals surface area contributed by atoms with Crippen LogP contribution in [-0.4, -0.2) is 5.11 Å². The van der Waals surface area contributed by atoms with E-state index in [1.807, 2.05) is 13.8 Å². The van der Waals surface area contributed by atoms with Crippen molar-refractivity contribution in [1.29, 1.82) is 0 Å². The number of halogens is 1. The first-order valence-corrected chi connectivity index (χ1v) is 5.12. The minimum atomic E-state index is -0.0521. The van der Waals surface area contributed by atoms with Crippen molar-refractivity contribution in [3.8, 4) is 5.75 Å². The van der Waals surface area contributed by atoms with Crippen molar-refractivity contribution in [1.82, 2.24) is 0 Å². The van der Waals surface area contributed by atoms with Crippen molar-refractivity contribution in [3.05, 3.63) is 27.8 Å². The molecule has 0 aliphatic carbocycles. The van der Waals surface area contributed by atoms with E-state index >= 15 is 0 Å². The van der Waals surface area contributed by atoms with Crippen LogP contribution in [0.4, 0.5) is 0 Å². The normalized spacial score (nSPS) is 11.9. The first-order valence-electron chi connectivity index (χ1n) is 4.74. The molecule has 0 unspecified atom stereocenters. The van der Waals surface area contributed by atoms with Gasteiger partial charge in [-0.3, -0.25) is 0 Å². The fourth-order valence-corrected chi connectivity index (χ4v) is 2.05. The molecule has 1 nitrogen and oxygen atoms in total. The van der Waals surface area contributed by atoms with Gasteiger partial charge in [-0.05, 0) is 36.5 Å². The van der Waals surface area contributed by atoms with E-state index in [1.165, 1.54) is 0 Å². The SMILES string of the molecule is Cc1c(Cl)cc(O)c(C(C)(C)C)c1C. The largest absolute Gasteiger partial charge is 0.508 e. The van der Waals surface area contributed by atoms with Crippen molar-refractivity contribution in [2.45, 2.75) is 40.0 Å². The second kappa shape index (κ2) is 3.47. The zero-order chi connectivity index (χ0) is 11.1. The van der Waals surface area contributed by atoms with Crippen LogP contribution in [0.3, 0.4) is 0 Å². The van der Waals surface area contributed by atoms with E-state index in [4.69, 9.17) is 11.6 Å². The van der Waals surface area contributed by atoms with Gasteiger partial charge in [0.1, 0.15) is 5.75 Å². The van der Waals surface area contributed by atoms with Crippen LogP contribution in [0.15, 0.2) is 6.07 Å². The first kappa shape index (κ1) is 11.4. The van der Waals surface area contributed by atoms with Crippen molar-refractivity contribution >= 4 is 11.6 Å². The van der Waals surface area contributed by atoms with Gasteiger partial charge >= 0.3 is 0 Å². The number of aromatic hydroxyl groups is 1. The number of hydrogen-bond donors (Lipinski definition) is 1. The molecular weight excluding hydrogens is 196 g/mol. The molecule has 0 aliphatic heterocycles. The molecule has 1 N–H and O–H groups in total. The summed E-state index contributed by atoms with van der Waals surface area (Å²) in [6.07, 6.45) is 0. The molecule has 0 spiro atoms. The Morgan fingerprint density at radius 2 is 1.64 bits per heavy atom. The van der Waals surface area contributed by atoms with Crippen LogP contribution < -0.4 is 0 Å². The van der Waals surface area contributed by atoms with Gasteiger partial charge in [-0.25, -0.2) is 0 Å². The molecule has 0 fully saturated rings. The molecule has 0 atom stereocenters. The standard InChI is InChI=1S/C12H17ClO/c1-7-8(2)11(12(3,4)5)10(14)6-9(7)13/h6,14H,1-5H3. The monoisotopic (exact) mass is 212 g/mol. The van der Waals surface area contributed by atoms with Gasteiger partial charge in [-0.2, -0.15) is 0 Å². The minimum Gasteiger partial charge on any atom is -0.508 e. The molecule has 2 heteroatoms. The predicted molar refractivity (Wildman–Crippen MR) is 61.3 cm³/mol. The molecule has 0 aliphatic rings. The lowest BCUT2D eigenvalue weighted by atomic mass is 9.82. The number of phenolic OH excluding ortho intramolecular Hbond substituents is 1. The van der Waals surface area contributed by atoms with Gasteiger partial charge < -0.3 is 5.11 Å². The maximum absolute atomic E-state index is 9.85. The highest BCUT2D eigenvalue weighted by molar-refractivity contribution is 6.31. The highest BCUT2D eigenvalue weighted by atomic mass is 35.5. The van der Waals surface area contributed by atoms with E-state index in [2.05, 4.69) is 20.8 Å². The smallest absolute Gasteiger partial charge is 0.121 e. The second-order valence-electron chi connectivity index (χ2n) is 4.75. The van der Waals surface area contributed by atoms with Crippen LogP contribution in [0.5, 0.6) is 5.75 Å². The molecule has 0 saturated carbocycles. The summed E-state index contributed by atoms with van der Waals surface area (Å²) in [4.78, 5) is 0. The fraction of sp³-hybridized carbons (Fsp3) is 0.500. The molecule has 1 aromatic carbocycles. The average Bonchev–Trinajstić information content (AvgIpc) is 1.97. The molecule has 78 valence electrons. The lowest BCUT2D eigenvalue weighted by Gasteiger charge is -2.24. The average molecular weight is 213 g/mol. The molecule has 0 aromatic heterocycles. The lowest BCUT2D eigenvalue weighted by molar-refractivity contribution is 0.445. The summed E-state index contributed by atoms with van der Waals surface area (Å²) in [5, 5.41) is 10.5. The Kier molecular flexibility index (Phi) is 2.82. The molecule has 0 bridgehead atoms. The maximum atomic E-state index is 9.85. The van der Waals surface area contributed by atoms with E-state index in [0.717, 1.165) is 16.7 Å². The summed E-state index contributed by atoms with van der Waals surface area (Å²) in [6.45, 7) is 10.2. The highest BCUT2D eigenvalue weighted by Gasteiger charge is 2.22. The molecule has 0 saturated heterocycles. The van der Waals surface area contributed by atoms with Crippen LogP contribution in [0.2, 0.25) is 5.02 Å². The van der Waals surface area contributed by atoms with E-state index in [9.17, 15) is 5.11 Å². The summed E-state index contributed by atoms with van der Waals surface area (Å²) in [5.74, 6) is 0.297. The van der Waals surface area contributed by atoms with Gasteiger partial charge in [0.25, 0.3) is 0 Å². The molecule has 14 heavy (non-hydrogen) atoms. The zero-order valence-corrected chi connectivity index (χ0v) is 10.2. The van der Waals surface area contributed by atoms with Crippen molar-refractivity contribution in [2.24, 2.45) is 0 Å². The number of phenols is 1. The van der Waals surface area contributed by atoms with Gasteiger partial charge in [-0.15, -0.1) is 0 Å². The molecule has 0 amide bonds. The third-order valence-electron chi connectivity index (χ3n) is 2.57. The molecule has 1 rings (SSSR count). The third kappa shape index (κ3) is 1.88. The quantitative estimate of drug-likeness (QED) is 0.690. The molecule has 0 heterocycles. The Morgan fingerprint density at radius 3 is 2.07 bits per heavy atom. The van der Waals surface area contributed by atoms with E-state index < -0.39 is 0 Å². The van der Waals surface area contributed by atoms with E-state index in [-0.39, 0.29) is 5.41 Å². The summed E-state index contributed by atoms with van der Waals surface area (Å²) >= 11 is 5.98. The molecule has 1 aromatic rings. The minimum absolute atomic E-state index is 0.0521. The van der Waals surface area contributed by atoms with E-state index in [1.54, 1.807) is 6.07 Å². The Labute approximate surface area is 90.7 Å². The molecule has 0 radical (unpaired) electrons. The number of benzene rings is 1. The van der Waals surface area contributed by atoms with Crippen LogP contribution in [-0.2, 0) is 5.41 Å². The first-order chi connectivity index (χ1) is 6.25. The van der Waals surface area contributed by atoms with Crippen molar-refractivity contribution in [3.63, 3.8) is 0 Å². The fourth-order valence-electron chi connectivity index (χ4n) is 1.81. The topological polar surface area (TPSA) is 20.2 Å². The summed E-state index contributed by atoms with van der Waals surface area (Å²) in [7, 11) is 0. The van der Waals surface area contributed by atoms with Crippen molar-refractivity contribution in [2.75, 3.05) is 0 Å². The van der Waals surface area contributed by atoms with Crippen LogP contribution in [0.25, 0.3) is 0 Å². The summed E-state index contributed by atoms with van der Waals surface area (Å²) in [6, 6.07) is 1.63. The van der Waals surface area contributed by atoms with Crippen LogP contribution in [0.1, 0.15) is 37.5 Å². The number of hydrogen-bond acceptors (Lipinski definition) is 1. The van der Waals surface area contributed by atoms with Crippen molar-refractivity contribution < 1.29 is 5.11 Å². The predicted octanol–water partition coefficient (Wildman–Crippen LogP) is 3.96. The Morgan fingerprint density at radius 1 is 1.14 bits per heavy atom.